The first-order chi connectivity index (χ1) is 11.3. The summed E-state index contributed by atoms with van der Waals surface area (Å²) in [7, 11) is 0. The highest BCUT2D eigenvalue weighted by atomic mass is 35.5. The molecule has 132 valence electrons. The molecule has 2 heterocycles. The van der Waals surface area contributed by atoms with Crippen LogP contribution in [0.4, 0.5) is 10.6 Å². The standard InChI is InChI=1S/C18H26ClN3O2/c1-17(2,3)24-16(23)22-10-9-18(7-8-18)11-13(22)12-20-15-6-4-5-14(19)21-15/h4-6,13H,7-12H2,1-3H3,(H,20,21)/t13-/m0/s1. The van der Waals surface area contributed by atoms with Crippen molar-refractivity contribution in [3.63, 3.8) is 0 Å². The van der Waals surface area contributed by atoms with E-state index in [1.165, 1.54) is 12.8 Å². The van der Waals surface area contributed by atoms with Gasteiger partial charge in [0.05, 0.1) is 6.04 Å². The second-order valence-corrected chi connectivity index (χ2v) is 8.40. The van der Waals surface area contributed by atoms with Gasteiger partial charge >= 0.3 is 6.09 Å². The van der Waals surface area contributed by atoms with Crippen molar-refractivity contribution < 1.29 is 9.53 Å². The van der Waals surface area contributed by atoms with E-state index >= 15 is 0 Å². The Hall–Kier alpha value is -1.49. The van der Waals surface area contributed by atoms with Crippen LogP contribution in [0.1, 0.15) is 46.5 Å². The van der Waals surface area contributed by atoms with Crippen LogP contribution in [0.25, 0.3) is 0 Å². The van der Waals surface area contributed by atoms with Crippen LogP contribution in [0, 0.1) is 5.41 Å². The van der Waals surface area contributed by atoms with Gasteiger partial charge in [-0.15, -0.1) is 0 Å². The molecule has 1 saturated heterocycles. The summed E-state index contributed by atoms with van der Waals surface area (Å²) in [5, 5.41) is 3.79. The Morgan fingerprint density at radius 1 is 1.42 bits per heavy atom. The van der Waals surface area contributed by atoms with Crippen molar-refractivity contribution >= 4 is 23.5 Å². The third-order valence-corrected chi connectivity index (χ3v) is 5.02. The molecule has 1 aromatic heterocycles. The van der Waals surface area contributed by atoms with Crippen molar-refractivity contribution in [2.24, 2.45) is 5.41 Å². The first-order valence-electron chi connectivity index (χ1n) is 8.62. The molecule has 3 rings (SSSR count). The molecule has 24 heavy (non-hydrogen) atoms. The molecule has 2 fully saturated rings. The SMILES string of the molecule is CC(C)(C)OC(=O)N1CCC2(CC2)C[C@H]1CNc1cccc(Cl)n1. The van der Waals surface area contributed by atoms with E-state index in [-0.39, 0.29) is 12.1 Å². The Labute approximate surface area is 148 Å². The van der Waals surface area contributed by atoms with Gasteiger partial charge in [-0.2, -0.15) is 0 Å². The molecular weight excluding hydrogens is 326 g/mol. The van der Waals surface area contributed by atoms with E-state index in [1.54, 1.807) is 6.07 Å². The summed E-state index contributed by atoms with van der Waals surface area (Å²) >= 11 is 5.94. The maximum absolute atomic E-state index is 12.6. The van der Waals surface area contributed by atoms with Crippen molar-refractivity contribution in [3.8, 4) is 0 Å². The largest absolute Gasteiger partial charge is 0.444 e. The molecule has 0 bridgehead atoms. The lowest BCUT2D eigenvalue weighted by molar-refractivity contribution is 0.00462. The highest BCUT2D eigenvalue weighted by Gasteiger charge is 2.49. The zero-order valence-electron chi connectivity index (χ0n) is 14.6. The van der Waals surface area contributed by atoms with Gasteiger partial charge in [0.2, 0.25) is 0 Å². The molecule has 1 aliphatic carbocycles. The van der Waals surface area contributed by atoms with Crippen molar-refractivity contribution in [2.45, 2.75) is 58.1 Å². The Balaban J connectivity index is 1.66. The van der Waals surface area contributed by atoms with Crippen molar-refractivity contribution in [2.75, 3.05) is 18.4 Å². The number of amides is 1. The molecule has 0 radical (unpaired) electrons. The van der Waals surface area contributed by atoms with Crippen LogP contribution in [-0.2, 0) is 4.74 Å². The summed E-state index contributed by atoms with van der Waals surface area (Å²) in [5.41, 5.74) is -0.0229. The number of carbonyl (C=O) groups is 1. The van der Waals surface area contributed by atoms with Gasteiger partial charge in [-0.1, -0.05) is 17.7 Å². The number of aromatic nitrogens is 1. The number of anilines is 1. The molecule has 2 aliphatic rings. The Morgan fingerprint density at radius 3 is 2.79 bits per heavy atom. The highest BCUT2D eigenvalue weighted by Crippen LogP contribution is 2.55. The maximum atomic E-state index is 12.6. The van der Waals surface area contributed by atoms with E-state index in [0.29, 0.717) is 17.1 Å². The zero-order chi connectivity index (χ0) is 17.4. The molecule has 1 aromatic rings. The molecule has 1 N–H and O–H groups in total. The van der Waals surface area contributed by atoms with Crippen LogP contribution >= 0.6 is 11.6 Å². The average Bonchev–Trinajstić information content (AvgIpc) is 3.22. The molecule has 1 amide bonds. The number of nitrogens with zero attached hydrogens (tertiary/aromatic N) is 2. The summed E-state index contributed by atoms with van der Waals surface area (Å²) in [6, 6.07) is 5.63. The van der Waals surface area contributed by atoms with E-state index < -0.39 is 5.60 Å². The van der Waals surface area contributed by atoms with E-state index in [9.17, 15) is 4.79 Å². The molecule has 0 unspecified atom stereocenters. The Kier molecular flexibility index (Phi) is 4.65. The van der Waals surface area contributed by atoms with Gasteiger partial charge in [0, 0.05) is 13.1 Å². The minimum absolute atomic E-state index is 0.122. The van der Waals surface area contributed by atoms with E-state index in [2.05, 4.69) is 10.3 Å². The number of hydrogen-bond acceptors (Lipinski definition) is 4. The van der Waals surface area contributed by atoms with Gasteiger partial charge in [0.25, 0.3) is 0 Å². The smallest absolute Gasteiger partial charge is 0.410 e. The fourth-order valence-corrected chi connectivity index (χ4v) is 3.52. The van der Waals surface area contributed by atoms with Crippen LogP contribution in [0.15, 0.2) is 18.2 Å². The number of rotatable bonds is 3. The molecule has 5 nitrogen and oxygen atoms in total. The zero-order valence-corrected chi connectivity index (χ0v) is 15.4. The number of halogens is 1. The molecule has 6 heteroatoms. The lowest BCUT2D eigenvalue weighted by atomic mass is 9.88. The Morgan fingerprint density at radius 2 is 2.17 bits per heavy atom. The molecular formula is C18H26ClN3O2. The van der Waals surface area contributed by atoms with Crippen molar-refractivity contribution in [3.05, 3.63) is 23.4 Å². The van der Waals surface area contributed by atoms with Gasteiger partial charge in [-0.05, 0) is 64.0 Å². The van der Waals surface area contributed by atoms with Crippen LogP contribution in [0.5, 0.6) is 0 Å². The minimum atomic E-state index is -0.474. The average molecular weight is 352 g/mol. The van der Waals surface area contributed by atoms with Crippen LogP contribution in [-0.4, -0.2) is 40.7 Å². The molecule has 1 atom stereocenters. The van der Waals surface area contributed by atoms with E-state index in [4.69, 9.17) is 16.3 Å². The topological polar surface area (TPSA) is 54.5 Å². The number of pyridine rings is 1. The van der Waals surface area contributed by atoms with Crippen LogP contribution in [0.2, 0.25) is 5.15 Å². The fourth-order valence-electron chi connectivity index (χ4n) is 3.36. The van der Waals surface area contributed by atoms with Gasteiger partial charge in [0.1, 0.15) is 16.6 Å². The maximum Gasteiger partial charge on any atom is 0.410 e. The number of hydrogen-bond donors (Lipinski definition) is 1. The summed E-state index contributed by atoms with van der Waals surface area (Å²) in [4.78, 5) is 18.7. The lowest BCUT2D eigenvalue weighted by Crippen LogP contribution is -2.51. The fraction of sp³-hybridized carbons (Fsp3) is 0.667. The quantitative estimate of drug-likeness (QED) is 0.823. The number of ether oxygens (including phenoxy) is 1. The number of likely N-dealkylation sites (tertiary alicyclic amines) is 1. The van der Waals surface area contributed by atoms with Gasteiger partial charge in [-0.3, -0.25) is 0 Å². The predicted molar refractivity (Wildman–Crippen MR) is 95.4 cm³/mol. The van der Waals surface area contributed by atoms with Crippen LogP contribution in [0.3, 0.4) is 0 Å². The number of nitrogens with one attached hydrogen (secondary N) is 1. The molecule has 1 aliphatic heterocycles. The summed E-state index contributed by atoms with van der Waals surface area (Å²) in [6.45, 7) is 7.14. The Bertz CT molecular complexity index is 611. The summed E-state index contributed by atoms with van der Waals surface area (Å²) in [6.07, 6.45) is 4.45. The third kappa shape index (κ3) is 4.32. The monoisotopic (exact) mass is 351 g/mol. The minimum Gasteiger partial charge on any atom is -0.444 e. The van der Waals surface area contributed by atoms with Crippen molar-refractivity contribution in [1.82, 2.24) is 9.88 Å². The predicted octanol–water partition coefficient (Wildman–Crippen LogP) is 4.33. The molecule has 1 spiro atoms. The third-order valence-electron chi connectivity index (χ3n) is 4.81. The summed E-state index contributed by atoms with van der Waals surface area (Å²) < 4.78 is 5.59. The van der Waals surface area contributed by atoms with Gasteiger partial charge in [0.15, 0.2) is 0 Å². The molecule has 0 aromatic carbocycles. The molecule has 1 saturated carbocycles. The normalized spacial score (nSPS) is 22.3. The first-order valence-corrected chi connectivity index (χ1v) is 9.00. The lowest BCUT2D eigenvalue weighted by Gasteiger charge is -2.40. The first kappa shape index (κ1) is 17.3. The number of carbonyl (C=O) groups excluding carboxylic acids is 1. The van der Waals surface area contributed by atoms with Gasteiger partial charge < -0.3 is 15.0 Å². The van der Waals surface area contributed by atoms with Crippen molar-refractivity contribution in [1.29, 1.82) is 0 Å². The van der Waals surface area contributed by atoms with Crippen LogP contribution < -0.4 is 5.32 Å². The second kappa shape index (κ2) is 6.43. The second-order valence-electron chi connectivity index (χ2n) is 8.01. The number of piperidine rings is 1. The van der Waals surface area contributed by atoms with E-state index in [1.807, 2.05) is 37.8 Å². The van der Waals surface area contributed by atoms with E-state index in [0.717, 1.165) is 25.2 Å². The summed E-state index contributed by atoms with van der Waals surface area (Å²) in [5.74, 6) is 0.738. The highest BCUT2D eigenvalue weighted by molar-refractivity contribution is 6.29. The van der Waals surface area contributed by atoms with Gasteiger partial charge in [-0.25, -0.2) is 9.78 Å².